The minimum Gasteiger partial charge on any atom is -0.481 e. The van der Waals surface area contributed by atoms with E-state index in [1.54, 1.807) is 0 Å². The van der Waals surface area contributed by atoms with Gasteiger partial charge in [-0.1, -0.05) is 0 Å². The van der Waals surface area contributed by atoms with Gasteiger partial charge in [-0.2, -0.15) is 5.10 Å². The van der Waals surface area contributed by atoms with E-state index in [1.807, 2.05) is 13.8 Å². The lowest BCUT2D eigenvalue weighted by molar-refractivity contribution is -0.137. The van der Waals surface area contributed by atoms with E-state index >= 15 is 0 Å². The average Bonchev–Trinajstić information content (AvgIpc) is 2.56. The van der Waals surface area contributed by atoms with Gasteiger partial charge in [0.2, 0.25) is 5.91 Å². The normalized spacial score (nSPS) is 10.2. The number of amides is 1. The van der Waals surface area contributed by atoms with Crippen LogP contribution in [0.4, 0.5) is 5.69 Å². The van der Waals surface area contributed by atoms with Crippen LogP contribution in [-0.2, 0) is 9.59 Å². The first-order chi connectivity index (χ1) is 8.00. The summed E-state index contributed by atoms with van der Waals surface area (Å²) in [6.07, 6.45) is 1.54. The quantitative estimate of drug-likeness (QED) is 0.657. The number of carboxylic acids is 1. The fourth-order valence-corrected chi connectivity index (χ4v) is 1.50. The van der Waals surface area contributed by atoms with Crippen molar-refractivity contribution in [1.82, 2.24) is 10.2 Å². The lowest BCUT2D eigenvalue weighted by Crippen LogP contribution is -2.12. The highest BCUT2D eigenvalue weighted by Crippen LogP contribution is 2.16. The predicted octanol–water partition coefficient (Wildman–Crippen LogP) is 1.61. The standard InChI is InChI=1S/C11H17N3O3/c1-7-11(8(2)14-13-7)12-9(15)5-3-4-6-10(16)17/h3-6H2,1-2H3,(H,12,15)(H,13,14)(H,16,17). The summed E-state index contributed by atoms with van der Waals surface area (Å²) in [6, 6.07) is 0. The zero-order valence-electron chi connectivity index (χ0n) is 10.0. The van der Waals surface area contributed by atoms with Gasteiger partial charge in [0.05, 0.1) is 17.1 Å². The highest BCUT2D eigenvalue weighted by atomic mass is 16.4. The molecule has 0 spiro atoms. The van der Waals surface area contributed by atoms with E-state index in [4.69, 9.17) is 5.11 Å². The van der Waals surface area contributed by atoms with E-state index in [1.165, 1.54) is 0 Å². The zero-order chi connectivity index (χ0) is 12.8. The van der Waals surface area contributed by atoms with Gasteiger partial charge in [-0.15, -0.1) is 0 Å². The summed E-state index contributed by atoms with van der Waals surface area (Å²) in [5.41, 5.74) is 2.29. The second-order valence-electron chi connectivity index (χ2n) is 3.96. The van der Waals surface area contributed by atoms with Gasteiger partial charge in [0, 0.05) is 12.8 Å². The van der Waals surface area contributed by atoms with E-state index in [0.717, 1.165) is 11.4 Å². The van der Waals surface area contributed by atoms with E-state index in [9.17, 15) is 9.59 Å². The fraction of sp³-hybridized carbons (Fsp3) is 0.545. The first kappa shape index (κ1) is 13.2. The Morgan fingerprint density at radius 1 is 1.29 bits per heavy atom. The number of aliphatic carboxylic acids is 1. The van der Waals surface area contributed by atoms with Crippen molar-refractivity contribution in [1.29, 1.82) is 0 Å². The van der Waals surface area contributed by atoms with Crippen LogP contribution >= 0.6 is 0 Å². The first-order valence-corrected chi connectivity index (χ1v) is 5.54. The van der Waals surface area contributed by atoms with Crippen LogP contribution in [0.1, 0.15) is 37.1 Å². The highest BCUT2D eigenvalue weighted by Gasteiger charge is 2.09. The number of rotatable bonds is 6. The Kier molecular flexibility index (Phi) is 4.68. The summed E-state index contributed by atoms with van der Waals surface area (Å²) in [5, 5.41) is 18.0. The third kappa shape index (κ3) is 4.26. The van der Waals surface area contributed by atoms with Crippen LogP contribution in [0.15, 0.2) is 0 Å². The van der Waals surface area contributed by atoms with Gasteiger partial charge in [-0.25, -0.2) is 0 Å². The monoisotopic (exact) mass is 239 g/mol. The van der Waals surface area contributed by atoms with Crippen molar-refractivity contribution in [3.05, 3.63) is 11.4 Å². The van der Waals surface area contributed by atoms with Crippen molar-refractivity contribution in [2.45, 2.75) is 39.5 Å². The van der Waals surface area contributed by atoms with Gasteiger partial charge in [0.25, 0.3) is 0 Å². The Morgan fingerprint density at radius 3 is 2.47 bits per heavy atom. The summed E-state index contributed by atoms with van der Waals surface area (Å²) in [4.78, 5) is 21.8. The second-order valence-corrected chi connectivity index (χ2v) is 3.96. The van der Waals surface area contributed by atoms with Gasteiger partial charge in [-0.05, 0) is 26.7 Å². The molecule has 17 heavy (non-hydrogen) atoms. The Bertz CT molecular complexity index is 393. The number of nitrogens with one attached hydrogen (secondary N) is 2. The third-order valence-electron chi connectivity index (χ3n) is 2.44. The number of carbonyl (C=O) groups is 2. The molecule has 1 rings (SSSR count). The number of hydrogen-bond donors (Lipinski definition) is 3. The number of H-pyrrole nitrogens is 1. The van der Waals surface area contributed by atoms with Crippen LogP contribution in [0.3, 0.4) is 0 Å². The number of carboxylic acid groups (broad SMARTS) is 1. The topological polar surface area (TPSA) is 95.1 Å². The molecule has 0 aliphatic rings. The minimum atomic E-state index is -0.827. The molecule has 0 aliphatic heterocycles. The van der Waals surface area contributed by atoms with Crippen LogP contribution in [0, 0.1) is 13.8 Å². The lowest BCUT2D eigenvalue weighted by Gasteiger charge is -2.04. The van der Waals surface area contributed by atoms with Gasteiger partial charge >= 0.3 is 5.97 Å². The molecule has 0 aliphatic carbocycles. The number of aryl methyl sites for hydroxylation is 2. The second kappa shape index (κ2) is 6.03. The van der Waals surface area contributed by atoms with Crippen LogP contribution in [0.2, 0.25) is 0 Å². The molecular weight excluding hydrogens is 222 g/mol. The molecule has 1 aromatic heterocycles. The van der Waals surface area contributed by atoms with Gasteiger partial charge in [-0.3, -0.25) is 14.7 Å². The van der Waals surface area contributed by atoms with Gasteiger partial charge in [0.1, 0.15) is 0 Å². The number of carbonyl (C=O) groups excluding carboxylic acids is 1. The SMILES string of the molecule is Cc1n[nH]c(C)c1NC(=O)CCCCC(=O)O. The van der Waals surface area contributed by atoms with Crippen LogP contribution in [0.5, 0.6) is 0 Å². The van der Waals surface area contributed by atoms with Crippen molar-refractivity contribution >= 4 is 17.6 Å². The number of nitrogens with zero attached hydrogens (tertiary/aromatic N) is 1. The van der Waals surface area contributed by atoms with Crippen molar-refractivity contribution in [2.75, 3.05) is 5.32 Å². The van der Waals surface area contributed by atoms with E-state index in [2.05, 4.69) is 15.5 Å². The highest BCUT2D eigenvalue weighted by molar-refractivity contribution is 5.91. The largest absolute Gasteiger partial charge is 0.481 e. The maximum absolute atomic E-state index is 11.6. The molecule has 0 aromatic carbocycles. The van der Waals surface area contributed by atoms with Gasteiger partial charge < -0.3 is 10.4 Å². The number of aromatic nitrogens is 2. The summed E-state index contributed by atoms with van der Waals surface area (Å²) >= 11 is 0. The molecular formula is C11H17N3O3. The molecule has 0 radical (unpaired) electrons. The number of aromatic amines is 1. The van der Waals surface area contributed by atoms with Crippen LogP contribution in [-0.4, -0.2) is 27.2 Å². The van der Waals surface area contributed by atoms with Crippen LogP contribution in [0.25, 0.3) is 0 Å². The Hall–Kier alpha value is -1.85. The molecule has 0 unspecified atom stereocenters. The molecule has 0 fully saturated rings. The van der Waals surface area contributed by atoms with E-state index < -0.39 is 5.97 Å². The molecule has 0 saturated carbocycles. The van der Waals surface area contributed by atoms with Crippen molar-refractivity contribution in [2.24, 2.45) is 0 Å². The Labute approximate surface area is 99.4 Å². The summed E-state index contributed by atoms with van der Waals surface area (Å²) < 4.78 is 0. The van der Waals surface area contributed by atoms with Crippen molar-refractivity contribution < 1.29 is 14.7 Å². The number of anilines is 1. The molecule has 94 valence electrons. The fourth-order valence-electron chi connectivity index (χ4n) is 1.50. The molecule has 1 heterocycles. The maximum atomic E-state index is 11.6. The van der Waals surface area contributed by atoms with Crippen molar-refractivity contribution in [3.8, 4) is 0 Å². The van der Waals surface area contributed by atoms with E-state index in [0.29, 0.717) is 24.9 Å². The molecule has 0 saturated heterocycles. The first-order valence-electron chi connectivity index (χ1n) is 5.54. The molecule has 1 amide bonds. The van der Waals surface area contributed by atoms with Crippen LogP contribution < -0.4 is 5.32 Å². The summed E-state index contributed by atoms with van der Waals surface area (Å²) in [6.45, 7) is 3.64. The predicted molar refractivity (Wildman–Crippen MR) is 62.8 cm³/mol. The smallest absolute Gasteiger partial charge is 0.303 e. The Balaban J connectivity index is 2.33. The molecule has 3 N–H and O–H groups in total. The minimum absolute atomic E-state index is 0.108. The van der Waals surface area contributed by atoms with Gasteiger partial charge in [0.15, 0.2) is 0 Å². The molecule has 0 atom stereocenters. The molecule has 6 heteroatoms. The zero-order valence-corrected chi connectivity index (χ0v) is 10.0. The summed E-state index contributed by atoms with van der Waals surface area (Å²) in [5.74, 6) is -0.935. The molecule has 1 aromatic rings. The Morgan fingerprint density at radius 2 is 1.94 bits per heavy atom. The number of hydrogen-bond acceptors (Lipinski definition) is 3. The van der Waals surface area contributed by atoms with Crippen molar-refractivity contribution in [3.63, 3.8) is 0 Å². The molecule has 6 nitrogen and oxygen atoms in total. The number of unbranched alkanes of at least 4 members (excludes halogenated alkanes) is 1. The molecule has 0 bridgehead atoms. The maximum Gasteiger partial charge on any atom is 0.303 e. The summed E-state index contributed by atoms with van der Waals surface area (Å²) in [7, 11) is 0. The lowest BCUT2D eigenvalue weighted by atomic mass is 10.2. The third-order valence-corrected chi connectivity index (χ3v) is 2.44. The van der Waals surface area contributed by atoms with E-state index in [-0.39, 0.29) is 12.3 Å². The average molecular weight is 239 g/mol.